The van der Waals surface area contributed by atoms with E-state index in [0.717, 1.165) is 12.8 Å². The fourth-order valence-corrected chi connectivity index (χ4v) is 0.792. The van der Waals surface area contributed by atoms with E-state index in [1.54, 1.807) is 27.7 Å². The van der Waals surface area contributed by atoms with Crippen molar-refractivity contribution in [1.29, 1.82) is 10.5 Å². The predicted octanol–water partition coefficient (Wildman–Crippen LogP) is 3.86. The topological polar surface area (TPSA) is 110 Å². The first-order valence-corrected chi connectivity index (χ1v) is 6.69. The monoisotopic (exact) mass is 292 g/mol. The van der Waals surface area contributed by atoms with Gasteiger partial charge in [-0.25, -0.2) is 4.79 Å². The molecule has 6 nitrogen and oxygen atoms in total. The van der Waals surface area contributed by atoms with Crippen LogP contribution in [0.4, 0.5) is 0 Å². The van der Waals surface area contributed by atoms with E-state index in [1.807, 2.05) is 19.1 Å². The number of nitrogens with zero attached hydrogens (tertiary/aromatic N) is 4. The molecule has 0 aromatic rings. The highest BCUT2D eigenvalue weighted by Gasteiger charge is 2.19. The van der Waals surface area contributed by atoms with Crippen LogP contribution in [0, 0.1) is 22.7 Å². The number of nitriles is 2. The molecule has 0 spiro atoms. The van der Waals surface area contributed by atoms with Gasteiger partial charge in [0, 0.05) is 5.57 Å². The summed E-state index contributed by atoms with van der Waals surface area (Å²) >= 11 is 0. The van der Waals surface area contributed by atoms with E-state index in [1.165, 1.54) is 0 Å². The second-order valence-corrected chi connectivity index (χ2v) is 5.55. The standard InChI is InChI=1S/C8H12N4.C7H12O2/c1-7(2,5-9)11-12-8(3,4)6-10;1-3-4-5-6(2)7(8)9/h1-4H3;2-5H2,1H3,(H,8,9). The lowest BCUT2D eigenvalue weighted by Gasteiger charge is -2.11. The third-order valence-corrected chi connectivity index (χ3v) is 2.23. The first-order chi connectivity index (χ1) is 9.51. The van der Waals surface area contributed by atoms with E-state index in [2.05, 4.69) is 16.8 Å². The van der Waals surface area contributed by atoms with E-state index in [0.29, 0.717) is 12.0 Å². The van der Waals surface area contributed by atoms with E-state index in [4.69, 9.17) is 15.6 Å². The van der Waals surface area contributed by atoms with Crippen LogP contribution in [0.15, 0.2) is 22.4 Å². The predicted molar refractivity (Wildman–Crippen MR) is 80.5 cm³/mol. The Morgan fingerprint density at radius 1 is 1.14 bits per heavy atom. The molecule has 0 saturated heterocycles. The zero-order valence-electron chi connectivity index (χ0n) is 13.5. The molecule has 0 aliphatic heterocycles. The van der Waals surface area contributed by atoms with E-state index < -0.39 is 17.0 Å². The van der Waals surface area contributed by atoms with Crippen LogP contribution >= 0.6 is 0 Å². The van der Waals surface area contributed by atoms with Crippen molar-refractivity contribution in [3.05, 3.63) is 12.2 Å². The summed E-state index contributed by atoms with van der Waals surface area (Å²) in [6, 6.07) is 3.94. The number of carboxylic acids is 1. The molecule has 0 unspecified atom stereocenters. The number of carboxylic acid groups (broad SMARTS) is 1. The van der Waals surface area contributed by atoms with Crippen molar-refractivity contribution in [3.8, 4) is 12.1 Å². The van der Waals surface area contributed by atoms with E-state index in [9.17, 15) is 4.79 Å². The van der Waals surface area contributed by atoms with Crippen molar-refractivity contribution in [2.45, 2.75) is 65.0 Å². The molecule has 0 rings (SSSR count). The highest BCUT2D eigenvalue weighted by Crippen LogP contribution is 2.13. The summed E-state index contributed by atoms with van der Waals surface area (Å²) in [6.45, 7) is 12.0. The molecule has 0 atom stereocenters. The summed E-state index contributed by atoms with van der Waals surface area (Å²) < 4.78 is 0. The molecule has 0 aromatic heterocycles. The minimum atomic E-state index is -0.872. The van der Waals surface area contributed by atoms with Crippen molar-refractivity contribution in [2.24, 2.45) is 10.2 Å². The van der Waals surface area contributed by atoms with E-state index >= 15 is 0 Å². The Labute approximate surface area is 126 Å². The normalized spacial score (nSPS) is 11.0. The fraction of sp³-hybridized carbons (Fsp3) is 0.667. The average Bonchev–Trinajstić information content (AvgIpc) is 2.43. The van der Waals surface area contributed by atoms with Crippen LogP contribution in [0.3, 0.4) is 0 Å². The molecule has 0 fully saturated rings. The molecule has 0 radical (unpaired) electrons. The lowest BCUT2D eigenvalue weighted by Crippen LogP contribution is -2.17. The SMILES string of the molecule is C=C(CCCC)C(=O)O.CC(C)(C#N)N=NC(C)(C)C#N. The molecule has 6 heteroatoms. The van der Waals surface area contributed by atoms with Gasteiger partial charge in [-0.05, 0) is 40.5 Å². The lowest BCUT2D eigenvalue weighted by atomic mass is 10.1. The van der Waals surface area contributed by atoms with Gasteiger partial charge in [-0.15, -0.1) is 0 Å². The lowest BCUT2D eigenvalue weighted by molar-refractivity contribution is -0.132. The minimum Gasteiger partial charge on any atom is -0.478 e. The maximum Gasteiger partial charge on any atom is 0.330 e. The molecule has 0 heterocycles. The van der Waals surface area contributed by atoms with Crippen molar-refractivity contribution in [1.82, 2.24) is 0 Å². The smallest absolute Gasteiger partial charge is 0.330 e. The number of rotatable bonds is 6. The first-order valence-electron chi connectivity index (χ1n) is 6.69. The molecular formula is C15H24N4O2. The number of unbranched alkanes of at least 4 members (excludes halogenated alkanes) is 1. The zero-order valence-corrected chi connectivity index (χ0v) is 13.5. The van der Waals surface area contributed by atoms with Crippen LogP contribution in [0.25, 0.3) is 0 Å². The summed E-state index contributed by atoms with van der Waals surface area (Å²) in [5.41, 5.74) is -1.36. The first kappa shape index (κ1) is 21.1. The summed E-state index contributed by atoms with van der Waals surface area (Å²) in [5.74, 6) is -0.872. The third kappa shape index (κ3) is 12.6. The molecular weight excluding hydrogens is 268 g/mol. The number of aliphatic carboxylic acids is 1. The van der Waals surface area contributed by atoms with Gasteiger partial charge in [0.15, 0.2) is 11.1 Å². The van der Waals surface area contributed by atoms with Gasteiger partial charge in [-0.1, -0.05) is 19.9 Å². The number of carbonyl (C=O) groups is 1. The molecule has 0 amide bonds. The maximum atomic E-state index is 10.1. The van der Waals surface area contributed by atoms with Crippen LogP contribution in [0.2, 0.25) is 0 Å². The maximum absolute atomic E-state index is 10.1. The quantitative estimate of drug-likeness (QED) is 0.592. The van der Waals surface area contributed by atoms with Gasteiger partial charge in [0.05, 0.1) is 12.1 Å². The molecule has 0 aliphatic carbocycles. The summed E-state index contributed by atoms with van der Waals surface area (Å²) in [5, 5.41) is 33.0. The summed E-state index contributed by atoms with van der Waals surface area (Å²) in [7, 11) is 0. The zero-order chi connectivity index (χ0) is 17.1. The van der Waals surface area contributed by atoms with Crippen LogP contribution in [0.5, 0.6) is 0 Å². The number of hydrogen-bond donors (Lipinski definition) is 1. The van der Waals surface area contributed by atoms with E-state index in [-0.39, 0.29) is 0 Å². The second kappa shape index (κ2) is 9.66. The molecule has 0 aromatic carbocycles. The van der Waals surface area contributed by atoms with Crippen LogP contribution in [0.1, 0.15) is 53.9 Å². The molecule has 21 heavy (non-hydrogen) atoms. The highest BCUT2D eigenvalue weighted by atomic mass is 16.4. The van der Waals surface area contributed by atoms with Crippen LogP contribution < -0.4 is 0 Å². The Kier molecular flexibility index (Phi) is 9.70. The van der Waals surface area contributed by atoms with Crippen molar-refractivity contribution in [2.75, 3.05) is 0 Å². The van der Waals surface area contributed by atoms with Crippen molar-refractivity contribution < 1.29 is 9.90 Å². The molecule has 0 bridgehead atoms. The highest BCUT2D eigenvalue weighted by molar-refractivity contribution is 5.85. The van der Waals surface area contributed by atoms with Gasteiger partial charge in [-0.2, -0.15) is 20.8 Å². The van der Waals surface area contributed by atoms with Gasteiger partial charge in [0.1, 0.15) is 0 Å². The van der Waals surface area contributed by atoms with Crippen LogP contribution in [-0.4, -0.2) is 22.2 Å². The second-order valence-electron chi connectivity index (χ2n) is 5.55. The Hall–Kier alpha value is -2.21. The Bertz CT molecular complexity index is 437. The average molecular weight is 292 g/mol. The largest absolute Gasteiger partial charge is 0.478 e. The molecule has 116 valence electrons. The number of hydrogen-bond acceptors (Lipinski definition) is 5. The van der Waals surface area contributed by atoms with Gasteiger partial charge < -0.3 is 5.11 Å². The Balaban J connectivity index is 0. The summed E-state index contributed by atoms with van der Waals surface area (Å²) in [6.07, 6.45) is 2.56. The molecule has 0 aliphatic rings. The van der Waals surface area contributed by atoms with Crippen LogP contribution in [-0.2, 0) is 4.79 Å². The van der Waals surface area contributed by atoms with Gasteiger partial charge >= 0.3 is 5.97 Å². The summed E-state index contributed by atoms with van der Waals surface area (Å²) in [4.78, 5) is 10.1. The van der Waals surface area contributed by atoms with Crippen molar-refractivity contribution >= 4 is 5.97 Å². The molecule has 0 saturated carbocycles. The minimum absolute atomic E-state index is 0.317. The van der Waals surface area contributed by atoms with Gasteiger partial charge in [0.2, 0.25) is 0 Å². The Morgan fingerprint density at radius 2 is 1.52 bits per heavy atom. The van der Waals surface area contributed by atoms with Gasteiger partial charge in [-0.3, -0.25) is 0 Å². The third-order valence-electron chi connectivity index (χ3n) is 2.23. The fourth-order valence-electron chi connectivity index (χ4n) is 0.792. The van der Waals surface area contributed by atoms with Gasteiger partial charge in [0.25, 0.3) is 0 Å². The van der Waals surface area contributed by atoms with Crippen molar-refractivity contribution in [3.63, 3.8) is 0 Å². The molecule has 1 N–H and O–H groups in total. The Morgan fingerprint density at radius 3 is 1.76 bits per heavy atom. The number of azo groups is 1.